The predicted octanol–water partition coefficient (Wildman–Crippen LogP) is 1.70. The smallest absolute Gasteiger partial charge is 0.272 e. The highest BCUT2D eigenvalue weighted by molar-refractivity contribution is 5.96. The quantitative estimate of drug-likeness (QED) is 0.876. The lowest BCUT2D eigenvalue weighted by molar-refractivity contribution is 0.0938. The first-order valence-electron chi connectivity index (χ1n) is 6.79. The molecule has 0 aliphatic heterocycles. The first-order valence-corrected chi connectivity index (χ1v) is 6.79. The van der Waals surface area contributed by atoms with Gasteiger partial charge in [0, 0.05) is 12.7 Å². The molecule has 1 aromatic carbocycles. The standard InChI is InChI=1S/C16H20N4O/c1-20(2)14(12-7-4-3-5-8-12)11-19-16(21)15-13(17)9-6-10-18-15/h3-10,14H,11,17H2,1-2H3,(H,19,21). The lowest BCUT2D eigenvalue weighted by atomic mass is 10.1. The molecule has 3 N–H and O–H groups in total. The molecule has 5 heteroatoms. The van der Waals surface area contributed by atoms with E-state index in [1.165, 1.54) is 0 Å². The van der Waals surface area contributed by atoms with Gasteiger partial charge in [-0.2, -0.15) is 0 Å². The van der Waals surface area contributed by atoms with E-state index in [-0.39, 0.29) is 17.6 Å². The van der Waals surface area contributed by atoms with Gasteiger partial charge in [-0.15, -0.1) is 0 Å². The van der Waals surface area contributed by atoms with E-state index in [2.05, 4.69) is 15.2 Å². The van der Waals surface area contributed by atoms with Gasteiger partial charge in [0.15, 0.2) is 5.69 Å². The summed E-state index contributed by atoms with van der Waals surface area (Å²) in [5, 5.41) is 2.90. The minimum Gasteiger partial charge on any atom is -0.397 e. The van der Waals surface area contributed by atoms with Gasteiger partial charge >= 0.3 is 0 Å². The third-order valence-corrected chi connectivity index (χ3v) is 3.32. The number of nitrogens with one attached hydrogen (secondary N) is 1. The van der Waals surface area contributed by atoms with Crippen LogP contribution in [0.15, 0.2) is 48.7 Å². The molecule has 0 bridgehead atoms. The van der Waals surface area contributed by atoms with Gasteiger partial charge in [-0.1, -0.05) is 30.3 Å². The molecule has 0 saturated heterocycles. The Hall–Kier alpha value is -2.40. The second kappa shape index (κ2) is 6.85. The first kappa shape index (κ1) is 15.0. The zero-order chi connectivity index (χ0) is 15.2. The average molecular weight is 284 g/mol. The van der Waals surface area contributed by atoms with Gasteiger partial charge in [0.25, 0.3) is 5.91 Å². The highest BCUT2D eigenvalue weighted by atomic mass is 16.1. The second-order valence-corrected chi connectivity index (χ2v) is 5.04. The summed E-state index contributed by atoms with van der Waals surface area (Å²) >= 11 is 0. The molecule has 5 nitrogen and oxygen atoms in total. The van der Waals surface area contributed by atoms with Crippen molar-refractivity contribution < 1.29 is 4.79 Å². The van der Waals surface area contributed by atoms with E-state index >= 15 is 0 Å². The van der Waals surface area contributed by atoms with Gasteiger partial charge in [-0.05, 0) is 31.8 Å². The zero-order valence-corrected chi connectivity index (χ0v) is 12.3. The number of anilines is 1. The fraction of sp³-hybridized carbons (Fsp3) is 0.250. The van der Waals surface area contributed by atoms with Crippen LogP contribution in [0, 0.1) is 0 Å². The number of nitrogens with zero attached hydrogens (tertiary/aromatic N) is 2. The van der Waals surface area contributed by atoms with Gasteiger partial charge in [-0.3, -0.25) is 4.79 Å². The van der Waals surface area contributed by atoms with Gasteiger partial charge < -0.3 is 16.0 Å². The molecule has 1 aromatic heterocycles. The van der Waals surface area contributed by atoms with E-state index in [1.54, 1.807) is 18.3 Å². The minimum absolute atomic E-state index is 0.0973. The topological polar surface area (TPSA) is 71.2 Å². The summed E-state index contributed by atoms with van der Waals surface area (Å²) in [6.45, 7) is 0.492. The maximum Gasteiger partial charge on any atom is 0.272 e. The Kier molecular flexibility index (Phi) is 4.90. The molecule has 1 heterocycles. The predicted molar refractivity (Wildman–Crippen MR) is 83.9 cm³/mol. The first-order chi connectivity index (χ1) is 10.1. The van der Waals surface area contributed by atoms with Crippen molar-refractivity contribution in [2.75, 3.05) is 26.4 Å². The number of likely N-dealkylation sites (N-methyl/N-ethyl adjacent to an activating group) is 1. The molecule has 0 aliphatic carbocycles. The largest absolute Gasteiger partial charge is 0.397 e. The molecule has 0 radical (unpaired) electrons. The number of carbonyl (C=O) groups is 1. The van der Waals surface area contributed by atoms with E-state index < -0.39 is 0 Å². The molecule has 0 spiro atoms. The van der Waals surface area contributed by atoms with Crippen molar-refractivity contribution in [2.45, 2.75) is 6.04 Å². The summed E-state index contributed by atoms with van der Waals surface area (Å²) in [6.07, 6.45) is 1.56. The van der Waals surface area contributed by atoms with E-state index in [0.717, 1.165) is 5.56 Å². The van der Waals surface area contributed by atoms with E-state index in [4.69, 9.17) is 5.73 Å². The molecule has 0 aliphatic rings. The minimum atomic E-state index is -0.254. The Bertz CT molecular complexity index is 598. The van der Waals surface area contributed by atoms with Crippen molar-refractivity contribution in [2.24, 2.45) is 0 Å². The third-order valence-electron chi connectivity index (χ3n) is 3.32. The zero-order valence-electron chi connectivity index (χ0n) is 12.3. The van der Waals surface area contributed by atoms with Gasteiger partial charge in [0.2, 0.25) is 0 Å². The molecule has 21 heavy (non-hydrogen) atoms. The van der Waals surface area contributed by atoms with Gasteiger partial charge in [0.1, 0.15) is 0 Å². The van der Waals surface area contributed by atoms with Crippen LogP contribution in [0.4, 0.5) is 5.69 Å². The van der Waals surface area contributed by atoms with E-state index in [0.29, 0.717) is 12.2 Å². The maximum atomic E-state index is 12.2. The number of amides is 1. The number of hydrogen-bond donors (Lipinski definition) is 2. The van der Waals surface area contributed by atoms with Crippen LogP contribution in [-0.2, 0) is 0 Å². The maximum absolute atomic E-state index is 12.2. The molecule has 110 valence electrons. The number of hydrogen-bond acceptors (Lipinski definition) is 4. The molecule has 0 fully saturated rings. The summed E-state index contributed by atoms with van der Waals surface area (Å²) in [5.74, 6) is -0.254. The van der Waals surface area contributed by atoms with Crippen molar-refractivity contribution in [3.63, 3.8) is 0 Å². The van der Waals surface area contributed by atoms with Crippen molar-refractivity contribution >= 4 is 11.6 Å². The fourth-order valence-corrected chi connectivity index (χ4v) is 2.15. The molecule has 1 amide bonds. The Balaban J connectivity index is 2.06. The second-order valence-electron chi connectivity index (χ2n) is 5.04. The SMILES string of the molecule is CN(C)C(CNC(=O)c1ncccc1N)c1ccccc1. The summed E-state index contributed by atoms with van der Waals surface area (Å²) in [7, 11) is 3.97. The third kappa shape index (κ3) is 3.79. The van der Waals surface area contributed by atoms with Crippen LogP contribution in [0.1, 0.15) is 22.1 Å². The number of rotatable bonds is 5. The highest BCUT2D eigenvalue weighted by Gasteiger charge is 2.17. The molecule has 1 unspecified atom stereocenters. The van der Waals surface area contributed by atoms with Crippen molar-refractivity contribution in [3.05, 3.63) is 59.9 Å². The summed E-state index contributed by atoms with van der Waals surface area (Å²) in [6, 6.07) is 13.5. The van der Waals surface area contributed by atoms with Crippen LogP contribution in [0.5, 0.6) is 0 Å². The number of pyridine rings is 1. The molecule has 2 aromatic rings. The Morgan fingerprint density at radius 3 is 2.57 bits per heavy atom. The fourth-order valence-electron chi connectivity index (χ4n) is 2.15. The van der Waals surface area contributed by atoms with Crippen LogP contribution in [0.2, 0.25) is 0 Å². The number of nitrogens with two attached hydrogens (primary N) is 1. The summed E-state index contributed by atoms with van der Waals surface area (Å²) in [5.41, 5.74) is 7.57. The van der Waals surface area contributed by atoms with Crippen molar-refractivity contribution in [3.8, 4) is 0 Å². The molecule has 2 rings (SSSR count). The Labute approximate surface area is 124 Å². The van der Waals surface area contributed by atoms with Gasteiger partial charge in [-0.25, -0.2) is 4.98 Å². The number of aromatic nitrogens is 1. The van der Waals surface area contributed by atoms with Gasteiger partial charge in [0.05, 0.1) is 11.7 Å². The van der Waals surface area contributed by atoms with Crippen LogP contribution < -0.4 is 11.1 Å². The number of carbonyl (C=O) groups excluding carboxylic acids is 1. The van der Waals surface area contributed by atoms with Crippen LogP contribution in [0.3, 0.4) is 0 Å². The lowest BCUT2D eigenvalue weighted by Crippen LogP contribution is -2.35. The Morgan fingerprint density at radius 2 is 1.95 bits per heavy atom. The lowest BCUT2D eigenvalue weighted by Gasteiger charge is -2.25. The summed E-state index contributed by atoms with van der Waals surface area (Å²) < 4.78 is 0. The number of nitrogen functional groups attached to an aromatic ring is 1. The van der Waals surface area contributed by atoms with Crippen LogP contribution in [-0.4, -0.2) is 36.4 Å². The van der Waals surface area contributed by atoms with E-state index in [9.17, 15) is 4.79 Å². The van der Waals surface area contributed by atoms with Crippen molar-refractivity contribution in [1.82, 2.24) is 15.2 Å². The van der Waals surface area contributed by atoms with Crippen molar-refractivity contribution in [1.29, 1.82) is 0 Å². The molecule has 0 saturated carbocycles. The monoisotopic (exact) mass is 284 g/mol. The number of benzene rings is 1. The van der Waals surface area contributed by atoms with Crippen LogP contribution in [0.25, 0.3) is 0 Å². The normalized spacial score (nSPS) is 12.1. The summed E-state index contributed by atoms with van der Waals surface area (Å²) in [4.78, 5) is 18.2. The molecule has 1 atom stereocenters. The average Bonchev–Trinajstić information content (AvgIpc) is 2.48. The van der Waals surface area contributed by atoms with E-state index in [1.807, 2.05) is 44.4 Å². The Morgan fingerprint density at radius 1 is 1.24 bits per heavy atom. The molecular formula is C16H20N4O. The highest BCUT2D eigenvalue weighted by Crippen LogP contribution is 2.17. The van der Waals surface area contributed by atoms with Crippen LogP contribution >= 0.6 is 0 Å². The molecular weight excluding hydrogens is 264 g/mol.